The van der Waals surface area contributed by atoms with Crippen LogP contribution in [0.3, 0.4) is 0 Å². The Labute approximate surface area is 127 Å². The summed E-state index contributed by atoms with van der Waals surface area (Å²) < 4.78 is 0. The molecule has 3 atom stereocenters. The second kappa shape index (κ2) is 4.28. The third kappa shape index (κ3) is 2.30. The molecular weight excluding hydrogens is 258 g/mol. The molecule has 0 aliphatic heterocycles. The largest absolute Gasteiger partial charge is 0.323 e. The van der Waals surface area contributed by atoms with E-state index in [1.54, 1.807) is 12.4 Å². The molecule has 4 aliphatic rings. The minimum Gasteiger partial charge on any atom is -0.323 e. The molecular formula is C18H27N3. The van der Waals surface area contributed by atoms with Crippen LogP contribution in [0.4, 0.5) is 0 Å². The molecule has 4 saturated carbocycles. The SMILES string of the molecule is CC12CC3CC(C)(C1)CC(CC(N)c1cnccn1)(C3)C2. The van der Waals surface area contributed by atoms with Crippen molar-refractivity contribution in [1.82, 2.24) is 9.97 Å². The molecule has 4 fully saturated rings. The van der Waals surface area contributed by atoms with Crippen LogP contribution in [0.25, 0.3) is 0 Å². The van der Waals surface area contributed by atoms with E-state index in [0.717, 1.165) is 18.0 Å². The van der Waals surface area contributed by atoms with Crippen LogP contribution in [0, 0.1) is 22.2 Å². The second-order valence-electron chi connectivity index (χ2n) is 9.07. The average Bonchev–Trinajstić information content (AvgIpc) is 2.34. The molecule has 0 saturated heterocycles. The van der Waals surface area contributed by atoms with Crippen molar-refractivity contribution in [2.45, 2.75) is 64.8 Å². The van der Waals surface area contributed by atoms with Crippen LogP contribution < -0.4 is 5.73 Å². The summed E-state index contributed by atoms with van der Waals surface area (Å²) in [6, 6.07) is 0.0437. The third-order valence-corrected chi connectivity index (χ3v) is 6.36. The number of aromatic nitrogens is 2. The molecule has 1 heterocycles. The van der Waals surface area contributed by atoms with E-state index in [4.69, 9.17) is 5.73 Å². The summed E-state index contributed by atoms with van der Waals surface area (Å²) in [6.07, 6.45) is 14.9. The first-order chi connectivity index (χ1) is 9.90. The van der Waals surface area contributed by atoms with Gasteiger partial charge in [0.1, 0.15) is 0 Å². The van der Waals surface area contributed by atoms with Crippen LogP contribution in [0.2, 0.25) is 0 Å². The molecule has 0 amide bonds. The molecule has 0 radical (unpaired) electrons. The van der Waals surface area contributed by atoms with Gasteiger partial charge in [0.2, 0.25) is 0 Å². The Balaban J connectivity index is 1.60. The zero-order valence-electron chi connectivity index (χ0n) is 13.3. The Morgan fingerprint density at radius 1 is 1.14 bits per heavy atom. The monoisotopic (exact) mass is 285 g/mol. The first-order valence-electron chi connectivity index (χ1n) is 8.41. The second-order valence-corrected chi connectivity index (χ2v) is 9.07. The van der Waals surface area contributed by atoms with E-state index in [1.165, 1.54) is 38.5 Å². The van der Waals surface area contributed by atoms with Crippen molar-refractivity contribution >= 4 is 0 Å². The fourth-order valence-corrected chi connectivity index (χ4v) is 6.99. The molecule has 114 valence electrons. The maximum absolute atomic E-state index is 6.50. The zero-order valence-corrected chi connectivity index (χ0v) is 13.3. The highest BCUT2D eigenvalue weighted by molar-refractivity contribution is 5.13. The zero-order chi connectivity index (χ0) is 14.7. The number of nitrogens with zero attached hydrogens (tertiary/aromatic N) is 2. The quantitative estimate of drug-likeness (QED) is 0.917. The van der Waals surface area contributed by atoms with Crippen molar-refractivity contribution in [2.75, 3.05) is 0 Å². The minimum atomic E-state index is 0.0437. The maximum atomic E-state index is 6.50. The van der Waals surface area contributed by atoms with E-state index >= 15 is 0 Å². The summed E-state index contributed by atoms with van der Waals surface area (Å²) in [5.41, 5.74) is 9.05. The summed E-state index contributed by atoms with van der Waals surface area (Å²) >= 11 is 0. The van der Waals surface area contributed by atoms with Gasteiger partial charge in [0.15, 0.2) is 0 Å². The van der Waals surface area contributed by atoms with Gasteiger partial charge in [0.25, 0.3) is 0 Å². The van der Waals surface area contributed by atoms with Gasteiger partial charge in [-0.25, -0.2) is 0 Å². The number of hydrogen-bond donors (Lipinski definition) is 1. The molecule has 4 aliphatic carbocycles. The lowest BCUT2D eigenvalue weighted by molar-refractivity contribution is -0.149. The highest BCUT2D eigenvalue weighted by Crippen LogP contribution is 2.70. The summed E-state index contributed by atoms with van der Waals surface area (Å²) in [5, 5.41) is 0. The Morgan fingerprint density at radius 3 is 2.43 bits per heavy atom. The van der Waals surface area contributed by atoms with Gasteiger partial charge in [-0.05, 0) is 67.1 Å². The predicted octanol–water partition coefficient (Wildman–Crippen LogP) is 3.86. The van der Waals surface area contributed by atoms with Gasteiger partial charge in [-0.3, -0.25) is 9.97 Å². The van der Waals surface area contributed by atoms with Gasteiger partial charge in [-0.2, -0.15) is 0 Å². The lowest BCUT2D eigenvalue weighted by Gasteiger charge is -2.66. The minimum absolute atomic E-state index is 0.0437. The fourth-order valence-electron chi connectivity index (χ4n) is 6.99. The Bertz CT molecular complexity index is 523. The smallest absolute Gasteiger partial charge is 0.0754 e. The number of rotatable bonds is 3. The van der Waals surface area contributed by atoms with E-state index in [2.05, 4.69) is 23.8 Å². The molecule has 3 nitrogen and oxygen atoms in total. The van der Waals surface area contributed by atoms with E-state index in [-0.39, 0.29) is 6.04 Å². The summed E-state index contributed by atoms with van der Waals surface area (Å²) in [5.74, 6) is 0.935. The van der Waals surface area contributed by atoms with Crippen LogP contribution in [-0.4, -0.2) is 9.97 Å². The van der Waals surface area contributed by atoms with Crippen molar-refractivity contribution in [2.24, 2.45) is 27.9 Å². The first-order valence-corrected chi connectivity index (χ1v) is 8.41. The van der Waals surface area contributed by atoms with E-state index in [9.17, 15) is 0 Å². The lowest BCUT2D eigenvalue weighted by Crippen LogP contribution is -2.55. The maximum Gasteiger partial charge on any atom is 0.0754 e. The Morgan fingerprint density at radius 2 is 1.86 bits per heavy atom. The lowest BCUT2D eigenvalue weighted by atomic mass is 9.39. The number of hydrogen-bond acceptors (Lipinski definition) is 3. The highest BCUT2D eigenvalue weighted by atomic mass is 14.8. The Kier molecular flexibility index (Phi) is 2.79. The van der Waals surface area contributed by atoms with Crippen LogP contribution >= 0.6 is 0 Å². The molecule has 2 N–H and O–H groups in total. The molecule has 0 spiro atoms. The topological polar surface area (TPSA) is 51.8 Å². The highest BCUT2D eigenvalue weighted by Gasteiger charge is 2.60. The van der Waals surface area contributed by atoms with Gasteiger partial charge in [0.05, 0.1) is 5.69 Å². The van der Waals surface area contributed by atoms with Crippen molar-refractivity contribution in [1.29, 1.82) is 0 Å². The van der Waals surface area contributed by atoms with Gasteiger partial charge in [-0.15, -0.1) is 0 Å². The molecule has 1 aromatic rings. The van der Waals surface area contributed by atoms with Crippen LogP contribution in [0.1, 0.15) is 70.5 Å². The van der Waals surface area contributed by atoms with Crippen molar-refractivity contribution in [3.05, 3.63) is 24.3 Å². The summed E-state index contributed by atoms with van der Waals surface area (Å²) in [7, 11) is 0. The standard InChI is InChI=1S/C18H27N3/c1-16-5-13-6-17(2,10-16)12-18(7-13,11-16)8-14(19)15-9-20-3-4-21-15/h3-4,9,13-14H,5-8,10-12,19H2,1-2H3. The summed E-state index contributed by atoms with van der Waals surface area (Å²) in [4.78, 5) is 8.61. The van der Waals surface area contributed by atoms with Crippen molar-refractivity contribution < 1.29 is 0 Å². The van der Waals surface area contributed by atoms with Gasteiger partial charge in [0, 0.05) is 24.6 Å². The Hall–Kier alpha value is -0.960. The van der Waals surface area contributed by atoms with E-state index in [1.807, 2.05) is 6.20 Å². The molecule has 4 bridgehead atoms. The normalized spacial score (nSPS) is 45.8. The van der Waals surface area contributed by atoms with Gasteiger partial charge < -0.3 is 5.73 Å². The predicted molar refractivity (Wildman–Crippen MR) is 83.4 cm³/mol. The third-order valence-electron chi connectivity index (χ3n) is 6.36. The van der Waals surface area contributed by atoms with E-state index in [0.29, 0.717) is 16.2 Å². The van der Waals surface area contributed by atoms with Gasteiger partial charge >= 0.3 is 0 Å². The number of nitrogens with two attached hydrogens (primary N) is 1. The van der Waals surface area contributed by atoms with Crippen molar-refractivity contribution in [3.8, 4) is 0 Å². The fraction of sp³-hybridized carbons (Fsp3) is 0.778. The molecule has 0 aromatic carbocycles. The average molecular weight is 285 g/mol. The van der Waals surface area contributed by atoms with Crippen LogP contribution in [0.15, 0.2) is 18.6 Å². The van der Waals surface area contributed by atoms with Crippen molar-refractivity contribution in [3.63, 3.8) is 0 Å². The van der Waals surface area contributed by atoms with Crippen LogP contribution in [0.5, 0.6) is 0 Å². The molecule has 21 heavy (non-hydrogen) atoms. The van der Waals surface area contributed by atoms with Crippen LogP contribution in [-0.2, 0) is 0 Å². The molecule has 3 heteroatoms. The van der Waals surface area contributed by atoms with Gasteiger partial charge in [-0.1, -0.05) is 13.8 Å². The molecule has 5 rings (SSSR count). The van der Waals surface area contributed by atoms with E-state index < -0.39 is 0 Å². The molecule has 3 unspecified atom stereocenters. The first kappa shape index (κ1) is 13.7. The molecule has 1 aromatic heterocycles. The summed E-state index contributed by atoms with van der Waals surface area (Å²) in [6.45, 7) is 5.05.